The summed E-state index contributed by atoms with van der Waals surface area (Å²) >= 11 is 0. The first-order valence-corrected chi connectivity index (χ1v) is 8.73. The van der Waals surface area contributed by atoms with Gasteiger partial charge in [-0.05, 0) is 24.1 Å². The second kappa shape index (κ2) is 7.68. The molecule has 7 nitrogen and oxygen atoms in total. The molecule has 136 valence electrons. The maximum Gasteiger partial charge on any atom is 0.270 e. The number of aryl methyl sites for hydroxylation is 1. The number of anilines is 1. The molecule has 0 fully saturated rings. The quantitative estimate of drug-likeness (QED) is 0.568. The summed E-state index contributed by atoms with van der Waals surface area (Å²) in [6, 6.07) is 19.4. The lowest BCUT2D eigenvalue weighted by molar-refractivity contribution is 0.582. The van der Waals surface area contributed by atoms with E-state index in [0.29, 0.717) is 30.1 Å². The van der Waals surface area contributed by atoms with Crippen LogP contribution in [0.2, 0.25) is 0 Å². The monoisotopic (exact) mass is 368 g/mol. The van der Waals surface area contributed by atoms with Crippen LogP contribution >= 0.6 is 0 Å². The molecule has 0 aliphatic heterocycles. The standard InChI is InChI=1S/C21H16N6O/c22-12-6-10-14-7-4-5-11-16(14)17-13-24-19(23)18(25-17)21-27-26-20(28-21)15-8-2-1-3-9-15/h1-5,7-9,11,13H,6,10H2,(H2,23,24). The second-order valence-electron chi connectivity index (χ2n) is 6.08. The SMILES string of the molecule is N#CCCc1ccccc1-c1cnc(N)c(-c2nnc(-c3ccccc3)o2)n1. The van der Waals surface area contributed by atoms with Crippen LogP contribution in [0.5, 0.6) is 0 Å². The highest BCUT2D eigenvalue weighted by atomic mass is 16.4. The van der Waals surface area contributed by atoms with Gasteiger partial charge in [0, 0.05) is 17.5 Å². The van der Waals surface area contributed by atoms with Gasteiger partial charge in [-0.1, -0.05) is 42.5 Å². The Bertz CT molecular complexity index is 1150. The second-order valence-corrected chi connectivity index (χ2v) is 6.08. The van der Waals surface area contributed by atoms with Crippen molar-refractivity contribution in [2.75, 3.05) is 5.73 Å². The maximum atomic E-state index is 8.89. The molecule has 0 saturated heterocycles. The lowest BCUT2D eigenvalue weighted by Crippen LogP contribution is -2.00. The number of nitrogens with two attached hydrogens (primary N) is 1. The summed E-state index contributed by atoms with van der Waals surface area (Å²) in [5.74, 6) is 0.804. The van der Waals surface area contributed by atoms with Crippen LogP contribution in [-0.4, -0.2) is 20.2 Å². The van der Waals surface area contributed by atoms with Crippen molar-refractivity contribution < 1.29 is 4.42 Å². The van der Waals surface area contributed by atoms with Crippen LogP contribution in [0.4, 0.5) is 5.82 Å². The molecule has 4 rings (SSSR count). The fourth-order valence-electron chi connectivity index (χ4n) is 2.88. The van der Waals surface area contributed by atoms with Gasteiger partial charge in [-0.25, -0.2) is 9.97 Å². The maximum absolute atomic E-state index is 8.89. The largest absolute Gasteiger partial charge is 0.414 e. The topological polar surface area (TPSA) is 115 Å². The zero-order valence-corrected chi connectivity index (χ0v) is 14.9. The number of hydrogen-bond acceptors (Lipinski definition) is 7. The third-order valence-corrected chi connectivity index (χ3v) is 4.25. The molecule has 2 N–H and O–H groups in total. The summed E-state index contributed by atoms with van der Waals surface area (Å²) in [5, 5.41) is 17.1. The molecular weight excluding hydrogens is 352 g/mol. The molecule has 0 aliphatic rings. The van der Waals surface area contributed by atoms with Crippen molar-refractivity contribution in [3.63, 3.8) is 0 Å². The van der Waals surface area contributed by atoms with Crippen LogP contribution in [0.15, 0.2) is 65.2 Å². The molecule has 2 heterocycles. The van der Waals surface area contributed by atoms with Gasteiger partial charge in [0.25, 0.3) is 5.89 Å². The Labute approximate surface area is 161 Å². The predicted octanol–water partition coefficient (Wildman–Crippen LogP) is 3.90. The first kappa shape index (κ1) is 17.4. The van der Waals surface area contributed by atoms with Gasteiger partial charge in [0.05, 0.1) is 18.0 Å². The van der Waals surface area contributed by atoms with Crippen LogP contribution in [0.1, 0.15) is 12.0 Å². The lowest BCUT2D eigenvalue weighted by atomic mass is 10.0. The molecule has 7 heteroatoms. The Morgan fingerprint density at radius 1 is 0.964 bits per heavy atom. The smallest absolute Gasteiger partial charge is 0.270 e. The molecule has 28 heavy (non-hydrogen) atoms. The highest BCUT2D eigenvalue weighted by Crippen LogP contribution is 2.29. The number of rotatable bonds is 5. The van der Waals surface area contributed by atoms with Crippen molar-refractivity contribution in [1.82, 2.24) is 20.2 Å². The van der Waals surface area contributed by atoms with E-state index in [9.17, 15) is 0 Å². The van der Waals surface area contributed by atoms with Gasteiger partial charge in [-0.15, -0.1) is 10.2 Å². The Kier molecular flexibility index (Phi) is 4.76. The minimum Gasteiger partial charge on any atom is -0.414 e. The van der Waals surface area contributed by atoms with Crippen molar-refractivity contribution in [3.05, 3.63) is 66.4 Å². The normalized spacial score (nSPS) is 10.5. The Balaban J connectivity index is 1.74. The van der Waals surface area contributed by atoms with Crippen LogP contribution in [-0.2, 0) is 6.42 Å². The molecule has 0 radical (unpaired) electrons. The molecule has 0 saturated carbocycles. The van der Waals surface area contributed by atoms with Crippen molar-refractivity contribution in [1.29, 1.82) is 5.26 Å². The predicted molar refractivity (Wildman–Crippen MR) is 105 cm³/mol. The summed E-state index contributed by atoms with van der Waals surface area (Å²) in [7, 11) is 0. The van der Waals surface area contributed by atoms with Crippen LogP contribution in [0.25, 0.3) is 34.3 Å². The van der Waals surface area contributed by atoms with E-state index in [4.69, 9.17) is 15.4 Å². The summed E-state index contributed by atoms with van der Waals surface area (Å²) in [6.45, 7) is 0. The molecule has 0 spiro atoms. The van der Waals surface area contributed by atoms with Crippen molar-refractivity contribution in [2.45, 2.75) is 12.8 Å². The molecule has 0 aliphatic carbocycles. The van der Waals surface area contributed by atoms with Crippen molar-refractivity contribution >= 4 is 5.82 Å². The zero-order chi connectivity index (χ0) is 19.3. The summed E-state index contributed by atoms with van der Waals surface area (Å²) in [6.07, 6.45) is 2.67. The Morgan fingerprint density at radius 3 is 2.54 bits per heavy atom. The zero-order valence-electron chi connectivity index (χ0n) is 14.9. The van der Waals surface area contributed by atoms with E-state index in [1.807, 2.05) is 54.6 Å². The summed E-state index contributed by atoms with van der Waals surface area (Å²) in [4.78, 5) is 8.88. The number of benzene rings is 2. The highest BCUT2D eigenvalue weighted by molar-refractivity contribution is 5.70. The van der Waals surface area contributed by atoms with Crippen molar-refractivity contribution in [2.24, 2.45) is 0 Å². The summed E-state index contributed by atoms with van der Waals surface area (Å²) < 4.78 is 5.77. The minimum atomic E-state index is 0.209. The molecule has 2 aromatic carbocycles. The van der Waals surface area contributed by atoms with Gasteiger partial charge in [0.1, 0.15) is 0 Å². The van der Waals surface area contributed by atoms with E-state index in [1.54, 1.807) is 6.20 Å². The first-order chi connectivity index (χ1) is 13.8. The number of nitrogen functional groups attached to an aromatic ring is 1. The van der Waals surface area contributed by atoms with Gasteiger partial charge >= 0.3 is 0 Å². The number of nitrogens with zero attached hydrogens (tertiary/aromatic N) is 5. The molecule has 0 atom stereocenters. The first-order valence-electron chi connectivity index (χ1n) is 8.73. The fraction of sp³-hybridized carbons (Fsp3) is 0.0952. The molecule has 0 bridgehead atoms. The number of aromatic nitrogens is 4. The van der Waals surface area contributed by atoms with Crippen LogP contribution in [0, 0.1) is 11.3 Å². The van der Waals surface area contributed by atoms with E-state index in [1.165, 1.54) is 0 Å². The average Bonchev–Trinajstić information content (AvgIpc) is 3.23. The fourth-order valence-corrected chi connectivity index (χ4v) is 2.88. The minimum absolute atomic E-state index is 0.209. The third kappa shape index (κ3) is 3.44. The van der Waals surface area contributed by atoms with Gasteiger partial charge in [0.15, 0.2) is 11.5 Å². The lowest BCUT2D eigenvalue weighted by Gasteiger charge is -2.09. The highest BCUT2D eigenvalue weighted by Gasteiger charge is 2.17. The third-order valence-electron chi connectivity index (χ3n) is 4.25. The van der Waals surface area contributed by atoms with E-state index < -0.39 is 0 Å². The molecule has 4 aromatic rings. The van der Waals surface area contributed by atoms with Crippen LogP contribution < -0.4 is 5.73 Å². The molecule has 2 aromatic heterocycles. The Morgan fingerprint density at radius 2 is 1.71 bits per heavy atom. The molecule has 0 amide bonds. The average molecular weight is 368 g/mol. The summed E-state index contributed by atoms with van der Waals surface area (Å²) in [5.41, 5.74) is 9.72. The van der Waals surface area contributed by atoms with Gasteiger partial charge in [-0.3, -0.25) is 0 Å². The van der Waals surface area contributed by atoms with Gasteiger partial charge in [0.2, 0.25) is 5.89 Å². The number of nitriles is 1. The van der Waals surface area contributed by atoms with Gasteiger partial charge in [-0.2, -0.15) is 5.26 Å². The number of hydrogen-bond donors (Lipinski definition) is 1. The molecule has 0 unspecified atom stereocenters. The Hall–Kier alpha value is -4.05. The van der Waals surface area contributed by atoms with Gasteiger partial charge < -0.3 is 10.2 Å². The van der Waals surface area contributed by atoms with Crippen LogP contribution in [0.3, 0.4) is 0 Å². The molecular formula is C21H16N6O. The van der Waals surface area contributed by atoms with E-state index in [2.05, 4.69) is 26.2 Å². The van der Waals surface area contributed by atoms with Crippen molar-refractivity contribution in [3.8, 4) is 40.4 Å². The van der Waals surface area contributed by atoms with E-state index in [0.717, 1.165) is 16.7 Å². The van der Waals surface area contributed by atoms with E-state index in [-0.39, 0.29) is 11.7 Å². The van der Waals surface area contributed by atoms with E-state index >= 15 is 0 Å².